The fourth-order valence-corrected chi connectivity index (χ4v) is 2.47. The van der Waals surface area contributed by atoms with Crippen molar-refractivity contribution in [2.45, 2.75) is 19.8 Å². The monoisotopic (exact) mass is 301 g/mol. The summed E-state index contributed by atoms with van der Waals surface area (Å²) in [6.45, 7) is 2.10. The summed E-state index contributed by atoms with van der Waals surface area (Å²) < 4.78 is 0. The molecule has 0 aliphatic carbocycles. The molecule has 1 rings (SSSR count). The summed E-state index contributed by atoms with van der Waals surface area (Å²) in [5.74, 6) is 0.146. The Hall–Kier alpha value is -1.20. The van der Waals surface area contributed by atoms with E-state index in [1.54, 1.807) is 11.8 Å². The maximum atomic E-state index is 11.6. The normalized spacial score (nSPS) is 10.2. The fraction of sp³-hybridized carbons (Fsp3) is 0.385. The number of unbranched alkanes of at least 4 members (excludes halogenated alkanes) is 1. The van der Waals surface area contributed by atoms with E-state index in [2.05, 4.69) is 12.2 Å². The molecule has 0 unspecified atom stereocenters. The van der Waals surface area contributed by atoms with Crippen molar-refractivity contribution >= 4 is 40.9 Å². The molecule has 4 nitrogen and oxygen atoms in total. The number of carboxylic acids is 1. The van der Waals surface area contributed by atoms with Crippen molar-refractivity contribution in [3.63, 3.8) is 0 Å². The van der Waals surface area contributed by atoms with Gasteiger partial charge in [-0.3, -0.25) is 4.79 Å². The van der Waals surface area contributed by atoms with Crippen LogP contribution < -0.4 is 5.32 Å². The van der Waals surface area contributed by atoms with E-state index < -0.39 is 5.97 Å². The third-order valence-electron chi connectivity index (χ3n) is 2.37. The lowest BCUT2D eigenvalue weighted by molar-refractivity contribution is -0.113. The van der Waals surface area contributed by atoms with Crippen LogP contribution in [0, 0.1) is 0 Å². The lowest BCUT2D eigenvalue weighted by Gasteiger charge is -2.07. The molecule has 0 atom stereocenters. The molecule has 19 heavy (non-hydrogen) atoms. The van der Waals surface area contributed by atoms with Gasteiger partial charge in [0.15, 0.2) is 0 Å². The largest absolute Gasteiger partial charge is 0.478 e. The number of benzene rings is 1. The van der Waals surface area contributed by atoms with Gasteiger partial charge >= 0.3 is 5.97 Å². The third kappa shape index (κ3) is 5.53. The first kappa shape index (κ1) is 15.9. The van der Waals surface area contributed by atoms with E-state index in [-0.39, 0.29) is 16.5 Å². The number of carboxylic acid groups (broad SMARTS) is 1. The molecule has 0 aliphatic heterocycles. The number of rotatable bonds is 7. The molecule has 0 fully saturated rings. The number of nitrogens with one attached hydrogen (secondary N) is 1. The highest BCUT2D eigenvalue weighted by molar-refractivity contribution is 7.99. The topological polar surface area (TPSA) is 66.4 Å². The standard InChI is InChI=1S/C13H16ClNO3S/c1-2-3-6-19-8-12(16)15-11-5-4-9(13(17)18)7-10(11)14/h4-5,7H,2-3,6,8H2,1H3,(H,15,16)(H,17,18). The van der Waals surface area contributed by atoms with Crippen LogP contribution in [0.2, 0.25) is 5.02 Å². The predicted molar refractivity (Wildman–Crippen MR) is 79.3 cm³/mol. The van der Waals surface area contributed by atoms with Crippen molar-refractivity contribution in [3.8, 4) is 0 Å². The molecule has 0 saturated heterocycles. The van der Waals surface area contributed by atoms with Crippen LogP contribution in [-0.4, -0.2) is 28.5 Å². The molecule has 0 radical (unpaired) electrons. The Labute approximate surface area is 121 Å². The Morgan fingerprint density at radius 2 is 2.16 bits per heavy atom. The summed E-state index contributed by atoms with van der Waals surface area (Å²) in [4.78, 5) is 22.4. The molecule has 1 amide bonds. The summed E-state index contributed by atoms with van der Waals surface area (Å²) in [5, 5.41) is 11.7. The number of amides is 1. The first-order valence-electron chi connectivity index (χ1n) is 5.95. The lowest BCUT2D eigenvalue weighted by atomic mass is 10.2. The predicted octanol–water partition coefficient (Wildman–Crippen LogP) is 3.51. The molecule has 0 bridgehead atoms. The Balaban J connectivity index is 2.52. The summed E-state index contributed by atoms with van der Waals surface area (Å²) in [5.41, 5.74) is 0.535. The number of halogens is 1. The van der Waals surface area contributed by atoms with Gasteiger partial charge in [0.1, 0.15) is 0 Å². The second kappa shape index (κ2) is 8.07. The van der Waals surface area contributed by atoms with Crippen LogP contribution in [-0.2, 0) is 4.79 Å². The van der Waals surface area contributed by atoms with Crippen LogP contribution in [0.1, 0.15) is 30.1 Å². The zero-order valence-corrected chi connectivity index (χ0v) is 12.2. The van der Waals surface area contributed by atoms with Gasteiger partial charge in [-0.1, -0.05) is 24.9 Å². The van der Waals surface area contributed by atoms with Crippen molar-refractivity contribution in [2.75, 3.05) is 16.8 Å². The average molecular weight is 302 g/mol. The van der Waals surface area contributed by atoms with Crippen LogP contribution in [0.3, 0.4) is 0 Å². The Morgan fingerprint density at radius 1 is 1.42 bits per heavy atom. The van der Waals surface area contributed by atoms with Gasteiger partial charge in [0.2, 0.25) is 5.91 Å². The van der Waals surface area contributed by atoms with E-state index >= 15 is 0 Å². The number of hydrogen-bond donors (Lipinski definition) is 2. The van der Waals surface area contributed by atoms with E-state index in [0.29, 0.717) is 11.4 Å². The molecule has 1 aromatic carbocycles. The van der Waals surface area contributed by atoms with E-state index in [9.17, 15) is 9.59 Å². The lowest BCUT2D eigenvalue weighted by Crippen LogP contribution is -2.14. The number of anilines is 1. The van der Waals surface area contributed by atoms with Crippen molar-refractivity contribution in [1.29, 1.82) is 0 Å². The highest BCUT2D eigenvalue weighted by Gasteiger charge is 2.09. The van der Waals surface area contributed by atoms with Crippen LogP contribution >= 0.6 is 23.4 Å². The fourth-order valence-electron chi connectivity index (χ4n) is 1.35. The molecular weight excluding hydrogens is 286 g/mol. The second-order valence-electron chi connectivity index (χ2n) is 3.95. The third-order valence-corrected chi connectivity index (χ3v) is 3.72. The summed E-state index contributed by atoms with van der Waals surface area (Å²) >= 11 is 7.49. The van der Waals surface area contributed by atoms with Gasteiger partial charge in [-0.2, -0.15) is 11.8 Å². The average Bonchev–Trinajstić information content (AvgIpc) is 2.37. The van der Waals surface area contributed by atoms with Gasteiger partial charge in [-0.05, 0) is 30.4 Å². The van der Waals surface area contributed by atoms with Crippen molar-refractivity contribution in [2.24, 2.45) is 0 Å². The van der Waals surface area contributed by atoms with Gasteiger partial charge in [0.05, 0.1) is 22.0 Å². The highest BCUT2D eigenvalue weighted by atomic mass is 35.5. The molecular formula is C13H16ClNO3S. The Morgan fingerprint density at radius 3 is 2.74 bits per heavy atom. The number of carbonyl (C=O) groups excluding carboxylic acids is 1. The van der Waals surface area contributed by atoms with E-state index in [0.717, 1.165) is 18.6 Å². The quantitative estimate of drug-likeness (QED) is 0.756. The molecule has 6 heteroatoms. The molecule has 0 aliphatic rings. The van der Waals surface area contributed by atoms with Gasteiger partial charge in [-0.25, -0.2) is 4.79 Å². The molecule has 104 valence electrons. The first-order valence-corrected chi connectivity index (χ1v) is 7.48. The van der Waals surface area contributed by atoms with Crippen LogP contribution in [0.15, 0.2) is 18.2 Å². The highest BCUT2D eigenvalue weighted by Crippen LogP contribution is 2.23. The minimum Gasteiger partial charge on any atom is -0.478 e. The van der Waals surface area contributed by atoms with Gasteiger partial charge in [-0.15, -0.1) is 0 Å². The number of aromatic carboxylic acids is 1. The first-order chi connectivity index (χ1) is 9.04. The minimum absolute atomic E-state index is 0.0975. The smallest absolute Gasteiger partial charge is 0.335 e. The molecule has 2 N–H and O–H groups in total. The van der Waals surface area contributed by atoms with Gasteiger partial charge < -0.3 is 10.4 Å². The van der Waals surface area contributed by atoms with Crippen LogP contribution in [0.4, 0.5) is 5.69 Å². The molecule has 0 spiro atoms. The maximum absolute atomic E-state index is 11.6. The summed E-state index contributed by atoms with van der Waals surface area (Å²) in [7, 11) is 0. The SMILES string of the molecule is CCCCSCC(=O)Nc1ccc(C(=O)O)cc1Cl. The zero-order valence-electron chi connectivity index (χ0n) is 10.6. The maximum Gasteiger partial charge on any atom is 0.335 e. The van der Waals surface area contributed by atoms with Crippen molar-refractivity contribution < 1.29 is 14.7 Å². The molecule has 0 saturated carbocycles. The van der Waals surface area contributed by atoms with Crippen LogP contribution in [0.25, 0.3) is 0 Å². The van der Waals surface area contributed by atoms with Crippen molar-refractivity contribution in [3.05, 3.63) is 28.8 Å². The van der Waals surface area contributed by atoms with Crippen LogP contribution in [0.5, 0.6) is 0 Å². The molecule has 0 heterocycles. The number of hydrogen-bond acceptors (Lipinski definition) is 3. The zero-order chi connectivity index (χ0) is 14.3. The molecule has 1 aromatic rings. The molecule has 0 aromatic heterocycles. The minimum atomic E-state index is -1.05. The number of carbonyl (C=O) groups is 2. The number of thioether (sulfide) groups is 1. The second-order valence-corrected chi connectivity index (χ2v) is 5.47. The summed E-state index contributed by atoms with van der Waals surface area (Å²) in [6, 6.07) is 4.23. The summed E-state index contributed by atoms with van der Waals surface area (Å²) in [6.07, 6.45) is 2.20. The van der Waals surface area contributed by atoms with E-state index in [1.807, 2.05) is 0 Å². The Kier molecular flexibility index (Phi) is 6.73. The van der Waals surface area contributed by atoms with Crippen molar-refractivity contribution in [1.82, 2.24) is 0 Å². The van der Waals surface area contributed by atoms with Gasteiger partial charge in [0.25, 0.3) is 0 Å². The van der Waals surface area contributed by atoms with E-state index in [4.69, 9.17) is 16.7 Å². The van der Waals surface area contributed by atoms with E-state index in [1.165, 1.54) is 18.2 Å². The van der Waals surface area contributed by atoms with Gasteiger partial charge in [0, 0.05) is 0 Å². The Bertz CT molecular complexity index is 465.